The van der Waals surface area contributed by atoms with Crippen molar-refractivity contribution >= 4 is 17.2 Å². The van der Waals surface area contributed by atoms with Crippen molar-refractivity contribution < 1.29 is 9.21 Å². The molecular weight excluding hydrogens is 348 g/mol. The highest BCUT2D eigenvalue weighted by molar-refractivity contribution is 7.09. The van der Waals surface area contributed by atoms with E-state index in [4.69, 9.17) is 4.42 Å². The number of carbonyl (C=O) groups excluding carboxylic acids is 1. The van der Waals surface area contributed by atoms with E-state index in [0.29, 0.717) is 24.0 Å². The standard InChI is InChI=1S/C19H16N4O2S/c24-17(20-12-15-8-5-11-26-15)13-23-10-4-9-16(23)19-22-21-18(25-19)14-6-2-1-3-7-14/h1-11H,12-13H2,(H,20,24). The summed E-state index contributed by atoms with van der Waals surface area (Å²) in [6, 6.07) is 17.3. The molecule has 6 nitrogen and oxygen atoms in total. The Morgan fingerprint density at radius 3 is 2.69 bits per heavy atom. The molecule has 1 amide bonds. The minimum atomic E-state index is -0.0707. The topological polar surface area (TPSA) is 73.0 Å². The maximum absolute atomic E-state index is 12.2. The highest BCUT2D eigenvalue weighted by Gasteiger charge is 2.15. The molecule has 0 aliphatic rings. The second kappa shape index (κ2) is 7.37. The van der Waals surface area contributed by atoms with Crippen molar-refractivity contribution in [2.24, 2.45) is 0 Å². The van der Waals surface area contributed by atoms with Crippen molar-refractivity contribution in [1.82, 2.24) is 20.1 Å². The number of nitrogens with zero attached hydrogens (tertiary/aromatic N) is 3. The highest BCUT2D eigenvalue weighted by Crippen LogP contribution is 2.24. The largest absolute Gasteiger partial charge is 0.415 e. The third kappa shape index (κ3) is 3.57. The monoisotopic (exact) mass is 364 g/mol. The average molecular weight is 364 g/mol. The van der Waals surface area contributed by atoms with Gasteiger partial charge in [0.25, 0.3) is 5.89 Å². The molecule has 3 aromatic heterocycles. The number of amides is 1. The molecule has 0 aliphatic carbocycles. The van der Waals surface area contributed by atoms with Crippen LogP contribution in [0.5, 0.6) is 0 Å². The maximum atomic E-state index is 12.2. The molecule has 0 spiro atoms. The van der Waals surface area contributed by atoms with E-state index in [9.17, 15) is 4.79 Å². The van der Waals surface area contributed by atoms with E-state index in [0.717, 1.165) is 10.4 Å². The van der Waals surface area contributed by atoms with Gasteiger partial charge in [-0.05, 0) is 35.7 Å². The molecule has 0 radical (unpaired) electrons. The summed E-state index contributed by atoms with van der Waals surface area (Å²) in [6.07, 6.45) is 1.83. The first-order valence-electron chi connectivity index (χ1n) is 8.13. The Hall–Kier alpha value is -3.19. The van der Waals surface area contributed by atoms with Crippen LogP contribution in [0, 0.1) is 0 Å². The molecule has 0 fully saturated rings. The molecule has 7 heteroatoms. The third-order valence-corrected chi connectivity index (χ3v) is 4.72. The van der Waals surface area contributed by atoms with E-state index < -0.39 is 0 Å². The van der Waals surface area contributed by atoms with Crippen LogP contribution in [-0.4, -0.2) is 20.7 Å². The van der Waals surface area contributed by atoms with Gasteiger partial charge in [-0.2, -0.15) is 0 Å². The Morgan fingerprint density at radius 2 is 1.88 bits per heavy atom. The molecule has 0 atom stereocenters. The van der Waals surface area contributed by atoms with Gasteiger partial charge in [0.2, 0.25) is 11.8 Å². The molecular formula is C19H16N4O2S. The Kier molecular flexibility index (Phi) is 4.61. The lowest BCUT2D eigenvalue weighted by Gasteiger charge is -2.07. The summed E-state index contributed by atoms with van der Waals surface area (Å²) >= 11 is 1.62. The van der Waals surface area contributed by atoms with Gasteiger partial charge in [0.1, 0.15) is 12.2 Å². The number of carbonyl (C=O) groups is 1. The summed E-state index contributed by atoms with van der Waals surface area (Å²) in [4.78, 5) is 13.3. The SMILES string of the molecule is O=C(Cn1cccc1-c1nnc(-c2ccccc2)o1)NCc1cccs1. The number of rotatable bonds is 6. The molecule has 0 unspecified atom stereocenters. The summed E-state index contributed by atoms with van der Waals surface area (Å²) < 4.78 is 7.58. The Morgan fingerprint density at radius 1 is 1.04 bits per heavy atom. The van der Waals surface area contributed by atoms with E-state index in [1.165, 1.54) is 0 Å². The fourth-order valence-electron chi connectivity index (χ4n) is 2.58. The van der Waals surface area contributed by atoms with Crippen LogP contribution in [-0.2, 0) is 17.9 Å². The van der Waals surface area contributed by atoms with Crippen LogP contribution in [0.4, 0.5) is 0 Å². The van der Waals surface area contributed by atoms with Crippen LogP contribution in [0.25, 0.3) is 23.0 Å². The molecule has 3 heterocycles. The number of thiophene rings is 1. The Labute approximate surface area is 154 Å². The molecule has 0 bridgehead atoms. The average Bonchev–Trinajstić information content (AvgIpc) is 3.42. The van der Waals surface area contributed by atoms with Crippen LogP contribution in [0.15, 0.2) is 70.6 Å². The van der Waals surface area contributed by atoms with Gasteiger partial charge in [0.15, 0.2) is 0 Å². The molecule has 0 aliphatic heterocycles. The van der Waals surface area contributed by atoms with Crippen molar-refractivity contribution in [3.8, 4) is 23.0 Å². The minimum absolute atomic E-state index is 0.0707. The second-order valence-electron chi connectivity index (χ2n) is 5.66. The van der Waals surface area contributed by atoms with E-state index in [1.54, 1.807) is 15.9 Å². The minimum Gasteiger partial charge on any atom is -0.415 e. The molecule has 4 rings (SSSR count). The van der Waals surface area contributed by atoms with Crippen molar-refractivity contribution in [2.45, 2.75) is 13.1 Å². The predicted octanol–water partition coefficient (Wildman–Crippen LogP) is 3.58. The van der Waals surface area contributed by atoms with Gasteiger partial charge in [-0.25, -0.2) is 0 Å². The molecule has 0 saturated heterocycles. The van der Waals surface area contributed by atoms with Gasteiger partial charge in [-0.1, -0.05) is 24.3 Å². The lowest BCUT2D eigenvalue weighted by Crippen LogP contribution is -2.26. The summed E-state index contributed by atoms with van der Waals surface area (Å²) in [5.41, 5.74) is 1.57. The van der Waals surface area contributed by atoms with Gasteiger partial charge in [-0.3, -0.25) is 4.79 Å². The van der Waals surface area contributed by atoms with Crippen LogP contribution >= 0.6 is 11.3 Å². The zero-order valence-electron chi connectivity index (χ0n) is 13.8. The number of hydrogen-bond acceptors (Lipinski definition) is 5. The first-order valence-corrected chi connectivity index (χ1v) is 9.01. The zero-order valence-corrected chi connectivity index (χ0v) is 14.6. The quantitative estimate of drug-likeness (QED) is 0.567. The summed E-state index contributed by atoms with van der Waals surface area (Å²) in [5.74, 6) is 0.772. The van der Waals surface area contributed by atoms with Crippen molar-refractivity contribution in [1.29, 1.82) is 0 Å². The lowest BCUT2D eigenvalue weighted by atomic mass is 10.2. The summed E-state index contributed by atoms with van der Waals surface area (Å²) in [5, 5.41) is 13.1. The fourth-order valence-corrected chi connectivity index (χ4v) is 3.22. The predicted molar refractivity (Wildman–Crippen MR) is 99.3 cm³/mol. The molecule has 130 valence electrons. The van der Waals surface area contributed by atoms with Gasteiger partial charge >= 0.3 is 0 Å². The molecule has 4 aromatic rings. The number of aromatic nitrogens is 3. The van der Waals surface area contributed by atoms with Crippen molar-refractivity contribution in [2.75, 3.05) is 0 Å². The maximum Gasteiger partial charge on any atom is 0.264 e. The van der Waals surface area contributed by atoms with Gasteiger partial charge in [0, 0.05) is 16.6 Å². The molecule has 1 N–H and O–H groups in total. The number of nitrogens with one attached hydrogen (secondary N) is 1. The van der Waals surface area contributed by atoms with Crippen LogP contribution in [0.1, 0.15) is 4.88 Å². The first kappa shape index (κ1) is 16.3. The molecule has 26 heavy (non-hydrogen) atoms. The normalized spacial score (nSPS) is 10.8. The van der Waals surface area contributed by atoms with E-state index in [-0.39, 0.29) is 12.5 Å². The van der Waals surface area contributed by atoms with Crippen LogP contribution in [0.2, 0.25) is 0 Å². The van der Waals surface area contributed by atoms with Gasteiger partial charge < -0.3 is 14.3 Å². The third-order valence-electron chi connectivity index (χ3n) is 3.85. The van der Waals surface area contributed by atoms with Crippen molar-refractivity contribution in [3.05, 3.63) is 71.1 Å². The van der Waals surface area contributed by atoms with E-state index in [1.807, 2.05) is 66.2 Å². The lowest BCUT2D eigenvalue weighted by molar-refractivity contribution is -0.121. The van der Waals surface area contributed by atoms with Gasteiger partial charge in [-0.15, -0.1) is 21.5 Å². The van der Waals surface area contributed by atoms with E-state index in [2.05, 4.69) is 15.5 Å². The van der Waals surface area contributed by atoms with Gasteiger partial charge in [0.05, 0.1) is 6.54 Å². The zero-order chi connectivity index (χ0) is 17.8. The highest BCUT2D eigenvalue weighted by atomic mass is 32.1. The Balaban J connectivity index is 1.47. The summed E-state index contributed by atoms with van der Waals surface area (Å²) in [6.45, 7) is 0.725. The smallest absolute Gasteiger partial charge is 0.264 e. The van der Waals surface area contributed by atoms with Crippen LogP contribution < -0.4 is 5.32 Å². The van der Waals surface area contributed by atoms with E-state index >= 15 is 0 Å². The number of hydrogen-bond donors (Lipinski definition) is 1. The van der Waals surface area contributed by atoms with Crippen molar-refractivity contribution in [3.63, 3.8) is 0 Å². The molecule has 0 saturated carbocycles. The number of benzene rings is 1. The Bertz CT molecular complexity index is 990. The second-order valence-corrected chi connectivity index (χ2v) is 6.69. The first-order chi connectivity index (χ1) is 12.8. The molecule has 1 aromatic carbocycles. The summed E-state index contributed by atoms with van der Waals surface area (Å²) in [7, 11) is 0. The van der Waals surface area contributed by atoms with Crippen LogP contribution in [0.3, 0.4) is 0 Å². The fraction of sp³-hybridized carbons (Fsp3) is 0.105.